The smallest absolute Gasteiger partial charge is 0.221 e. The highest BCUT2D eigenvalue weighted by Crippen LogP contribution is 2.04. The van der Waals surface area contributed by atoms with Gasteiger partial charge in [0.15, 0.2) is 9.84 Å². The summed E-state index contributed by atoms with van der Waals surface area (Å²) in [6.45, 7) is 0.716. The predicted octanol–water partition coefficient (Wildman–Crippen LogP) is -1.21. The van der Waals surface area contributed by atoms with Crippen molar-refractivity contribution in [1.29, 1.82) is 5.26 Å². The second kappa shape index (κ2) is 5.82. The van der Waals surface area contributed by atoms with Gasteiger partial charge in [-0.1, -0.05) is 0 Å². The van der Waals surface area contributed by atoms with Crippen molar-refractivity contribution in [2.45, 2.75) is 18.9 Å². The van der Waals surface area contributed by atoms with Crippen LogP contribution in [-0.2, 0) is 14.6 Å². The molecule has 1 atom stereocenters. The van der Waals surface area contributed by atoms with Crippen LogP contribution in [0.3, 0.4) is 0 Å². The van der Waals surface area contributed by atoms with Crippen LogP contribution in [0.5, 0.6) is 0 Å². The summed E-state index contributed by atoms with van der Waals surface area (Å²) in [4.78, 5) is 11.3. The van der Waals surface area contributed by atoms with Gasteiger partial charge in [-0.05, 0) is 0 Å². The van der Waals surface area contributed by atoms with E-state index < -0.39 is 9.84 Å². The summed E-state index contributed by atoms with van der Waals surface area (Å²) in [5.41, 5.74) is 0. The molecule has 1 rings (SSSR count). The largest absolute Gasteiger partial charge is 0.355 e. The van der Waals surface area contributed by atoms with Crippen molar-refractivity contribution in [3.63, 3.8) is 0 Å². The summed E-state index contributed by atoms with van der Waals surface area (Å²) in [6.07, 6.45) is 0.410. The summed E-state index contributed by atoms with van der Waals surface area (Å²) < 4.78 is 22.6. The number of hydrogen-bond donors (Lipinski definition) is 2. The summed E-state index contributed by atoms with van der Waals surface area (Å²) >= 11 is 0. The van der Waals surface area contributed by atoms with E-state index in [1.807, 2.05) is 6.07 Å². The maximum absolute atomic E-state index is 11.3. The SMILES string of the molecule is N#CCCNC(=O)CC1CS(=O)(=O)CCN1. The minimum Gasteiger partial charge on any atom is -0.355 e. The van der Waals surface area contributed by atoms with Gasteiger partial charge in [-0.25, -0.2) is 8.42 Å². The van der Waals surface area contributed by atoms with Crippen LogP contribution in [0.1, 0.15) is 12.8 Å². The van der Waals surface area contributed by atoms with E-state index in [1.54, 1.807) is 0 Å². The number of sulfone groups is 1. The standard InChI is InChI=1S/C9H15N3O3S/c10-2-1-3-12-9(13)6-8-7-16(14,15)5-4-11-8/h8,11H,1,3-7H2,(H,12,13). The number of nitrogens with zero attached hydrogens (tertiary/aromatic N) is 1. The molecule has 0 aromatic rings. The highest BCUT2D eigenvalue weighted by atomic mass is 32.2. The highest BCUT2D eigenvalue weighted by Gasteiger charge is 2.25. The maximum atomic E-state index is 11.3. The molecular formula is C9H15N3O3S. The molecule has 1 unspecified atom stereocenters. The van der Waals surface area contributed by atoms with Gasteiger partial charge < -0.3 is 10.6 Å². The Morgan fingerprint density at radius 2 is 2.31 bits per heavy atom. The number of amides is 1. The maximum Gasteiger partial charge on any atom is 0.221 e. The van der Waals surface area contributed by atoms with Crippen molar-refractivity contribution in [1.82, 2.24) is 10.6 Å². The lowest BCUT2D eigenvalue weighted by Gasteiger charge is -2.22. The van der Waals surface area contributed by atoms with Crippen LogP contribution in [0.4, 0.5) is 0 Å². The molecule has 0 spiro atoms. The molecule has 1 saturated heterocycles. The Morgan fingerprint density at radius 3 is 2.94 bits per heavy atom. The van der Waals surface area contributed by atoms with Crippen molar-refractivity contribution < 1.29 is 13.2 Å². The molecule has 90 valence electrons. The zero-order valence-corrected chi connectivity index (χ0v) is 9.72. The molecule has 0 aromatic heterocycles. The first-order valence-electron chi connectivity index (χ1n) is 5.11. The molecule has 1 aliphatic heterocycles. The van der Waals surface area contributed by atoms with E-state index >= 15 is 0 Å². The van der Waals surface area contributed by atoms with Gasteiger partial charge in [0.25, 0.3) is 0 Å². The second-order valence-electron chi connectivity index (χ2n) is 3.73. The third kappa shape index (κ3) is 4.59. The average Bonchev–Trinajstić information content (AvgIpc) is 2.16. The Bertz CT molecular complexity index is 385. The third-order valence-corrected chi connectivity index (χ3v) is 4.03. The molecule has 1 aliphatic rings. The Kier molecular flexibility index (Phi) is 4.71. The number of carbonyl (C=O) groups is 1. The van der Waals surface area contributed by atoms with Gasteiger partial charge in [-0.3, -0.25) is 4.79 Å². The lowest BCUT2D eigenvalue weighted by atomic mass is 10.2. The van der Waals surface area contributed by atoms with Crippen LogP contribution in [0.2, 0.25) is 0 Å². The van der Waals surface area contributed by atoms with Crippen molar-refractivity contribution in [2.75, 3.05) is 24.6 Å². The average molecular weight is 245 g/mol. The van der Waals surface area contributed by atoms with Crippen LogP contribution in [0.25, 0.3) is 0 Å². The molecule has 0 saturated carbocycles. The highest BCUT2D eigenvalue weighted by molar-refractivity contribution is 7.91. The van der Waals surface area contributed by atoms with Gasteiger partial charge in [-0.15, -0.1) is 0 Å². The zero-order chi connectivity index (χ0) is 12.0. The summed E-state index contributed by atoms with van der Waals surface area (Å²) in [5.74, 6) is -0.0667. The normalized spacial score (nSPS) is 23.3. The lowest BCUT2D eigenvalue weighted by molar-refractivity contribution is -0.121. The molecule has 7 heteroatoms. The van der Waals surface area contributed by atoms with E-state index in [4.69, 9.17) is 5.26 Å². The predicted molar refractivity (Wildman–Crippen MR) is 58.3 cm³/mol. The van der Waals surface area contributed by atoms with Crippen LogP contribution in [0, 0.1) is 11.3 Å². The Hall–Kier alpha value is -1.13. The molecule has 1 amide bonds. The van der Waals surface area contributed by atoms with Gasteiger partial charge in [-0.2, -0.15) is 5.26 Å². The van der Waals surface area contributed by atoms with Gasteiger partial charge in [0.1, 0.15) is 0 Å². The monoisotopic (exact) mass is 245 g/mol. The van der Waals surface area contributed by atoms with Gasteiger partial charge >= 0.3 is 0 Å². The van der Waals surface area contributed by atoms with Crippen molar-refractivity contribution in [2.24, 2.45) is 0 Å². The zero-order valence-electron chi connectivity index (χ0n) is 8.90. The molecule has 6 nitrogen and oxygen atoms in total. The number of carbonyl (C=O) groups excluding carboxylic acids is 1. The number of nitrogens with one attached hydrogen (secondary N) is 2. The van der Waals surface area contributed by atoms with Crippen LogP contribution < -0.4 is 10.6 Å². The van der Waals surface area contributed by atoms with Crippen LogP contribution >= 0.6 is 0 Å². The molecule has 0 aliphatic carbocycles. The molecular weight excluding hydrogens is 230 g/mol. The van der Waals surface area contributed by atoms with Gasteiger partial charge in [0, 0.05) is 25.6 Å². The first-order chi connectivity index (χ1) is 7.53. The van der Waals surface area contributed by atoms with Crippen molar-refractivity contribution >= 4 is 15.7 Å². The fourth-order valence-corrected chi connectivity index (χ4v) is 3.00. The Morgan fingerprint density at radius 1 is 1.56 bits per heavy atom. The van der Waals surface area contributed by atoms with E-state index in [0.717, 1.165) is 0 Å². The molecule has 1 fully saturated rings. The molecule has 1 heterocycles. The molecule has 0 aromatic carbocycles. The molecule has 0 bridgehead atoms. The number of rotatable bonds is 4. The van der Waals surface area contributed by atoms with E-state index in [9.17, 15) is 13.2 Å². The Labute approximate surface area is 94.9 Å². The van der Waals surface area contributed by atoms with E-state index in [0.29, 0.717) is 13.1 Å². The fourth-order valence-electron chi connectivity index (χ4n) is 1.55. The van der Waals surface area contributed by atoms with Crippen molar-refractivity contribution in [3.05, 3.63) is 0 Å². The molecule has 0 radical (unpaired) electrons. The van der Waals surface area contributed by atoms with Gasteiger partial charge in [0.2, 0.25) is 5.91 Å². The fraction of sp³-hybridized carbons (Fsp3) is 0.778. The van der Waals surface area contributed by atoms with Crippen molar-refractivity contribution in [3.8, 4) is 6.07 Å². The van der Waals surface area contributed by atoms with E-state index in [1.165, 1.54) is 0 Å². The quantitative estimate of drug-likeness (QED) is 0.606. The molecule has 2 N–H and O–H groups in total. The lowest BCUT2D eigenvalue weighted by Crippen LogP contribution is -2.47. The van der Waals surface area contributed by atoms with E-state index in [2.05, 4.69) is 10.6 Å². The third-order valence-electron chi connectivity index (χ3n) is 2.29. The van der Waals surface area contributed by atoms with Gasteiger partial charge in [0.05, 0.1) is 24.0 Å². The minimum absolute atomic E-state index is 0.0126. The summed E-state index contributed by atoms with van der Waals surface area (Å²) in [7, 11) is -3.00. The van der Waals surface area contributed by atoms with E-state index in [-0.39, 0.29) is 36.3 Å². The summed E-state index contributed by atoms with van der Waals surface area (Å²) in [5, 5.41) is 13.8. The minimum atomic E-state index is -3.00. The Balaban J connectivity index is 2.31. The molecule has 16 heavy (non-hydrogen) atoms. The van der Waals surface area contributed by atoms with Crippen LogP contribution in [-0.4, -0.2) is 45.0 Å². The number of nitriles is 1. The first kappa shape index (κ1) is 12.9. The summed E-state index contributed by atoms with van der Waals surface area (Å²) in [6, 6.07) is 1.61. The van der Waals surface area contributed by atoms with Crippen LogP contribution in [0.15, 0.2) is 0 Å². The first-order valence-corrected chi connectivity index (χ1v) is 6.93. The topological polar surface area (TPSA) is 99.1 Å². The second-order valence-corrected chi connectivity index (χ2v) is 5.96. The number of hydrogen-bond acceptors (Lipinski definition) is 5.